The van der Waals surface area contributed by atoms with E-state index in [1.165, 1.54) is 12.1 Å². The number of aromatic hydroxyl groups is 1. The maximum Gasteiger partial charge on any atom is 0.279 e. The van der Waals surface area contributed by atoms with E-state index in [1.807, 2.05) is 19.9 Å². The lowest BCUT2D eigenvalue weighted by atomic mass is 9.84. The van der Waals surface area contributed by atoms with Crippen LogP contribution in [0.1, 0.15) is 38.9 Å². The molecule has 0 spiro atoms. The number of carbonyl (C=O) groups is 2. The Hall–Kier alpha value is -2.38. The third-order valence-corrected chi connectivity index (χ3v) is 5.05. The largest absolute Gasteiger partial charge is 0.508 e. The van der Waals surface area contributed by atoms with Crippen LogP contribution in [0.2, 0.25) is 0 Å². The number of rotatable bonds is 1. The second-order valence-electron chi connectivity index (χ2n) is 7.24. The van der Waals surface area contributed by atoms with Crippen molar-refractivity contribution < 1.29 is 29.6 Å². The highest BCUT2D eigenvalue weighted by molar-refractivity contribution is 6.17. The highest BCUT2D eigenvalue weighted by Crippen LogP contribution is 2.45. The predicted molar refractivity (Wildman–Crippen MR) is 93.9 cm³/mol. The first-order valence-electron chi connectivity index (χ1n) is 8.57. The molecule has 0 saturated heterocycles. The molecule has 7 heteroatoms. The molecular formula is C19H23NO6. The quantitative estimate of drug-likeness (QED) is 0.447. The van der Waals surface area contributed by atoms with Crippen LogP contribution in [0.3, 0.4) is 0 Å². The van der Waals surface area contributed by atoms with Gasteiger partial charge in [-0.25, -0.2) is 0 Å². The number of Topliss-reactive ketones (excluding diaryl/α,β-unsaturated/α-hetero) is 1. The number of hydrogen-bond acceptors (Lipinski definition) is 6. The summed E-state index contributed by atoms with van der Waals surface area (Å²) in [6.07, 6.45) is 1.21. The molecule has 4 atom stereocenters. The molecule has 2 bridgehead atoms. The zero-order valence-electron chi connectivity index (χ0n) is 14.9. The van der Waals surface area contributed by atoms with Crippen molar-refractivity contribution in [3.8, 4) is 11.5 Å². The highest BCUT2D eigenvalue weighted by Gasteiger charge is 2.53. The number of allylic oxidation sites excluding steroid dienone is 1. The van der Waals surface area contributed by atoms with E-state index < -0.39 is 35.9 Å². The zero-order chi connectivity index (χ0) is 19.2. The second kappa shape index (κ2) is 6.41. The Labute approximate surface area is 151 Å². The van der Waals surface area contributed by atoms with Crippen LogP contribution in [0.25, 0.3) is 0 Å². The average Bonchev–Trinajstić information content (AvgIpc) is 2.59. The SMILES string of the molecule is C/C1=C\C(C)C(O)c2cc(O)cc3c2OC(CO)(C(=O)N3)C(=O)C(C)C1. The third kappa shape index (κ3) is 2.77. The van der Waals surface area contributed by atoms with Gasteiger partial charge in [0.1, 0.15) is 5.75 Å². The summed E-state index contributed by atoms with van der Waals surface area (Å²) >= 11 is 0. The number of amides is 1. The number of aliphatic hydroxyl groups is 2. The van der Waals surface area contributed by atoms with Crippen molar-refractivity contribution in [1.82, 2.24) is 0 Å². The number of ketones is 1. The van der Waals surface area contributed by atoms with Gasteiger partial charge < -0.3 is 25.4 Å². The van der Waals surface area contributed by atoms with Gasteiger partial charge >= 0.3 is 0 Å². The van der Waals surface area contributed by atoms with Crippen LogP contribution in [0.15, 0.2) is 23.8 Å². The van der Waals surface area contributed by atoms with Crippen LogP contribution in [0.4, 0.5) is 5.69 Å². The van der Waals surface area contributed by atoms with Crippen LogP contribution >= 0.6 is 0 Å². The van der Waals surface area contributed by atoms with E-state index >= 15 is 0 Å². The number of benzene rings is 1. The Morgan fingerprint density at radius 2 is 2.00 bits per heavy atom. The Morgan fingerprint density at radius 3 is 2.65 bits per heavy atom. The summed E-state index contributed by atoms with van der Waals surface area (Å²) in [6, 6.07) is 2.62. The van der Waals surface area contributed by atoms with Crippen molar-refractivity contribution in [1.29, 1.82) is 0 Å². The Bertz CT molecular complexity index is 801. The Kier molecular flexibility index (Phi) is 4.54. The molecule has 140 valence electrons. The average molecular weight is 361 g/mol. The van der Waals surface area contributed by atoms with Gasteiger partial charge in [-0.15, -0.1) is 0 Å². The van der Waals surface area contributed by atoms with Crippen LogP contribution in [-0.4, -0.2) is 39.2 Å². The molecule has 0 fully saturated rings. The van der Waals surface area contributed by atoms with Gasteiger partial charge in [0, 0.05) is 23.5 Å². The van der Waals surface area contributed by atoms with Gasteiger partial charge in [-0.05, 0) is 19.4 Å². The minimum absolute atomic E-state index is 0.0873. The lowest BCUT2D eigenvalue weighted by molar-refractivity contribution is -0.153. The van der Waals surface area contributed by atoms with E-state index in [4.69, 9.17) is 4.74 Å². The fourth-order valence-electron chi connectivity index (χ4n) is 3.71. The summed E-state index contributed by atoms with van der Waals surface area (Å²) < 4.78 is 5.78. The van der Waals surface area contributed by atoms with Crippen LogP contribution in [0.5, 0.6) is 11.5 Å². The molecule has 3 rings (SSSR count). The zero-order valence-corrected chi connectivity index (χ0v) is 14.9. The molecule has 0 aliphatic carbocycles. The minimum Gasteiger partial charge on any atom is -0.508 e. The first kappa shape index (κ1) is 18.4. The molecule has 4 unspecified atom stereocenters. The Balaban J connectivity index is 2.27. The summed E-state index contributed by atoms with van der Waals surface area (Å²) in [5.41, 5.74) is -0.795. The molecule has 0 radical (unpaired) electrons. The van der Waals surface area contributed by atoms with Gasteiger partial charge in [0.25, 0.3) is 11.5 Å². The molecule has 2 aliphatic heterocycles. The predicted octanol–water partition coefficient (Wildman–Crippen LogP) is 1.68. The van der Waals surface area contributed by atoms with Crippen LogP contribution < -0.4 is 10.1 Å². The third-order valence-electron chi connectivity index (χ3n) is 5.05. The molecule has 0 saturated carbocycles. The summed E-state index contributed by atoms with van der Waals surface area (Å²) in [5, 5.41) is 33.2. The molecular weight excluding hydrogens is 338 g/mol. The molecule has 2 aliphatic rings. The van der Waals surface area contributed by atoms with Crippen molar-refractivity contribution >= 4 is 17.4 Å². The van der Waals surface area contributed by atoms with E-state index in [0.717, 1.165) is 5.57 Å². The topological polar surface area (TPSA) is 116 Å². The molecule has 2 heterocycles. The number of nitrogens with one attached hydrogen (secondary N) is 1. The number of phenolic OH excluding ortho intramolecular Hbond substituents is 1. The number of ether oxygens (including phenoxy) is 1. The lowest BCUT2D eigenvalue weighted by Gasteiger charge is -2.37. The lowest BCUT2D eigenvalue weighted by Crippen LogP contribution is -2.61. The second-order valence-corrected chi connectivity index (χ2v) is 7.24. The number of carbonyl (C=O) groups excluding carboxylic acids is 2. The monoisotopic (exact) mass is 361 g/mol. The van der Waals surface area contributed by atoms with Crippen molar-refractivity contribution in [2.24, 2.45) is 11.8 Å². The van der Waals surface area contributed by atoms with Crippen molar-refractivity contribution in [3.05, 3.63) is 29.3 Å². The summed E-state index contributed by atoms with van der Waals surface area (Å²) in [5.74, 6) is -2.26. The standard InChI is InChI=1S/C19H23NO6/c1-9-4-10(2)15(23)13-6-12(22)7-14-16(13)26-19(8-21,18(25)20-14)17(24)11(3)5-9/h4,6-7,10-11,15,21-23H,5,8H2,1-3H3,(H,20,25)/b9-4+. The van der Waals surface area contributed by atoms with Gasteiger partial charge in [-0.2, -0.15) is 0 Å². The number of phenols is 1. The fourth-order valence-corrected chi connectivity index (χ4v) is 3.71. The van der Waals surface area contributed by atoms with Gasteiger partial charge in [0.2, 0.25) is 0 Å². The van der Waals surface area contributed by atoms with E-state index in [9.17, 15) is 24.9 Å². The van der Waals surface area contributed by atoms with Crippen molar-refractivity contribution in [2.75, 3.05) is 11.9 Å². The maximum atomic E-state index is 13.0. The minimum atomic E-state index is -2.08. The number of hydrogen-bond donors (Lipinski definition) is 4. The number of aliphatic hydroxyl groups excluding tert-OH is 2. The number of anilines is 1. The molecule has 26 heavy (non-hydrogen) atoms. The maximum absolute atomic E-state index is 13.0. The van der Waals surface area contributed by atoms with Crippen molar-refractivity contribution in [2.45, 2.75) is 38.9 Å². The normalized spacial score (nSPS) is 33.4. The van der Waals surface area contributed by atoms with E-state index in [1.54, 1.807) is 6.92 Å². The van der Waals surface area contributed by atoms with E-state index in [-0.39, 0.29) is 28.7 Å². The fraction of sp³-hybridized carbons (Fsp3) is 0.474. The van der Waals surface area contributed by atoms with Gasteiger partial charge in [0.05, 0.1) is 18.4 Å². The molecule has 1 aromatic carbocycles. The summed E-state index contributed by atoms with van der Waals surface area (Å²) in [4.78, 5) is 25.6. The van der Waals surface area contributed by atoms with Gasteiger partial charge in [-0.1, -0.05) is 25.5 Å². The van der Waals surface area contributed by atoms with Crippen molar-refractivity contribution in [3.63, 3.8) is 0 Å². The molecule has 7 nitrogen and oxygen atoms in total. The molecule has 4 N–H and O–H groups in total. The first-order valence-corrected chi connectivity index (χ1v) is 8.57. The Morgan fingerprint density at radius 1 is 1.31 bits per heavy atom. The first-order chi connectivity index (χ1) is 12.2. The van der Waals surface area contributed by atoms with Crippen LogP contribution in [-0.2, 0) is 9.59 Å². The van der Waals surface area contributed by atoms with Gasteiger partial charge in [0.15, 0.2) is 11.5 Å². The van der Waals surface area contributed by atoms with Gasteiger partial charge in [-0.3, -0.25) is 9.59 Å². The highest BCUT2D eigenvalue weighted by atomic mass is 16.5. The summed E-state index contributed by atoms with van der Waals surface area (Å²) in [6.45, 7) is 4.52. The van der Waals surface area contributed by atoms with E-state index in [0.29, 0.717) is 6.42 Å². The molecule has 1 amide bonds. The van der Waals surface area contributed by atoms with E-state index in [2.05, 4.69) is 5.32 Å². The molecule has 1 aromatic rings. The summed E-state index contributed by atoms with van der Waals surface area (Å²) in [7, 11) is 0. The van der Waals surface area contributed by atoms with Crippen LogP contribution in [0, 0.1) is 11.8 Å². The number of fused-ring (bicyclic) bond motifs is 1. The smallest absolute Gasteiger partial charge is 0.279 e. The molecule has 0 aromatic heterocycles.